The van der Waals surface area contributed by atoms with E-state index in [0.717, 1.165) is 29.4 Å². The fourth-order valence-electron chi connectivity index (χ4n) is 4.68. The first-order valence-corrected chi connectivity index (χ1v) is 11.0. The Bertz CT molecular complexity index is 928. The quantitative estimate of drug-likeness (QED) is 0.660. The summed E-state index contributed by atoms with van der Waals surface area (Å²) in [5.41, 5.74) is 3.87. The predicted octanol–water partition coefficient (Wildman–Crippen LogP) is 4.38. The molecule has 0 atom stereocenters. The summed E-state index contributed by atoms with van der Waals surface area (Å²) in [6.07, 6.45) is 12.9. The number of rotatable bonds is 7. The van der Waals surface area contributed by atoms with Crippen LogP contribution in [-0.2, 0) is 13.0 Å². The minimum absolute atomic E-state index is 0.0531. The Labute approximate surface area is 172 Å². The molecule has 0 saturated heterocycles. The number of nitrogens with zero attached hydrogens (tertiary/aromatic N) is 4. The second-order valence-electron chi connectivity index (χ2n) is 8.71. The molecule has 2 fully saturated rings. The van der Waals surface area contributed by atoms with E-state index >= 15 is 0 Å². The van der Waals surface area contributed by atoms with E-state index in [1.807, 2.05) is 24.4 Å². The molecule has 0 bridgehead atoms. The summed E-state index contributed by atoms with van der Waals surface area (Å²) >= 11 is 0. The van der Waals surface area contributed by atoms with Gasteiger partial charge in [0.15, 0.2) is 5.78 Å². The zero-order chi connectivity index (χ0) is 19.6. The first-order chi connectivity index (χ1) is 14.3. The van der Waals surface area contributed by atoms with Crippen molar-refractivity contribution in [3.8, 4) is 0 Å². The number of fused-ring (bicyclic) bond motifs is 1. The molecule has 5 rings (SSSR count). The van der Waals surface area contributed by atoms with Gasteiger partial charge in [0.1, 0.15) is 17.8 Å². The molecule has 5 nitrogen and oxygen atoms in total. The van der Waals surface area contributed by atoms with E-state index < -0.39 is 0 Å². The maximum Gasteiger partial charge on any atom is 0.185 e. The van der Waals surface area contributed by atoms with E-state index in [-0.39, 0.29) is 5.78 Å². The first-order valence-electron chi connectivity index (χ1n) is 11.0. The normalized spacial score (nSPS) is 18.6. The summed E-state index contributed by atoms with van der Waals surface area (Å²) in [5.74, 6) is 1.77. The number of aliphatic imine (C=N–C) groups is 1. The van der Waals surface area contributed by atoms with Crippen LogP contribution < -0.4 is 4.90 Å². The fraction of sp³-hybridized carbons (Fsp3) is 0.500. The highest BCUT2D eigenvalue weighted by atomic mass is 16.1. The molecule has 2 aliphatic carbocycles. The van der Waals surface area contributed by atoms with Crippen LogP contribution in [0.3, 0.4) is 0 Å². The number of ketones is 1. The Morgan fingerprint density at radius 1 is 1.07 bits per heavy atom. The van der Waals surface area contributed by atoms with Gasteiger partial charge >= 0.3 is 0 Å². The second-order valence-corrected chi connectivity index (χ2v) is 8.71. The number of carbonyl (C=O) groups is 1. The van der Waals surface area contributed by atoms with E-state index in [4.69, 9.17) is 0 Å². The Balaban J connectivity index is 1.37. The van der Waals surface area contributed by atoms with Gasteiger partial charge in [0.25, 0.3) is 0 Å². The van der Waals surface area contributed by atoms with Crippen LogP contribution in [0.1, 0.15) is 72.1 Å². The monoisotopic (exact) mass is 388 g/mol. The van der Waals surface area contributed by atoms with Gasteiger partial charge in [0.05, 0.1) is 6.54 Å². The lowest BCUT2D eigenvalue weighted by Gasteiger charge is -2.35. The lowest BCUT2D eigenvalue weighted by molar-refractivity contribution is 0.0988. The molecule has 0 N–H and O–H groups in total. The largest absolute Gasteiger partial charge is 0.353 e. The smallest absolute Gasteiger partial charge is 0.185 e. The van der Waals surface area contributed by atoms with Gasteiger partial charge in [-0.1, -0.05) is 37.5 Å². The van der Waals surface area contributed by atoms with E-state index in [9.17, 15) is 4.79 Å². The molecule has 3 aliphatic rings. The molecule has 0 radical (unpaired) electrons. The standard InChI is InChI=1S/C24H28N4O/c29-23(11-18-5-4-6-19-13-25-14-21(18)19)22-12-24(27-16-26-22)28(15-17-9-10-17)20-7-2-1-3-8-20/h4-6,12,14,16-17,20H,1-3,7-11,13,15H2. The summed E-state index contributed by atoms with van der Waals surface area (Å²) in [6.45, 7) is 1.78. The molecule has 150 valence electrons. The van der Waals surface area contributed by atoms with Crippen molar-refractivity contribution in [2.24, 2.45) is 10.9 Å². The molecule has 0 unspecified atom stereocenters. The molecule has 2 heterocycles. The molecular formula is C24H28N4O. The summed E-state index contributed by atoms with van der Waals surface area (Å²) in [6, 6.07) is 8.60. The van der Waals surface area contributed by atoms with Crippen molar-refractivity contribution in [3.05, 3.63) is 53.0 Å². The van der Waals surface area contributed by atoms with Gasteiger partial charge in [0, 0.05) is 36.9 Å². The number of anilines is 1. The molecule has 0 amide bonds. The zero-order valence-corrected chi connectivity index (χ0v) is 16.9. The Morgan fingerprint density at radius 2 is 1.93 bits per heavy atom. The van der Waals surface area contributed by atoms with Crippen LogP contribution in [0.15, 0.2) is 35.6 Å². The number of benzene rings is 1. The predicted molar refractivity (Wildman–Crippen MR) is 115 cm³/mol. The number of aromatic nitrogens is 2. The maximum atomic E-state index is 13.0. The third-order valence-corrected chi connectivity index (χ3v) is 6.52. The molecule has 0 spiro atoms. The lowest BCUT2D eigenvalue weighted by atomic mass is 9.94. The number of hydrogen-bond donors (Lipinski definition) is 0. The average Bonchev–Trinajstić information content (AvgIpc) is 3.46. The molecular weight excluding hydrogens is 360 g/mol. The van der Waals surface area contributed by atoms with Crippen molar-refractivity contribution < 1.29 is 4.79 Å². The van der Waals surface area contributed by atoms with E-state index in [1.165, 1.54) is 50.5 Å². The van der Waals surface area contributed by atoms with Gasteiger partial charge in [0.2, 0.25) is 0 Å². The van der Waals surface area contributed by atoms with Gasteiger partial charge in [-0.15, -0.1) is 0 Å². The van der Waals surface area contributed by atoms with Crippen molar-refractivity contribution in [3.63, 3.8) is 0 Å². The summed E-state index contributed by atoms with van der Waals surface area (Å²) < 4.78 is 0. The Hall–Kier alpha value is -2.56. The SMILES string of the molecule is O=C(Cc1cccc2c1C=NC2)c1cc(N(CC2CC2)C2CCCCC2)ncn1. The van der Waals surface area contributed by atoms with E-state index in [1.54, 1.807) is 6.33 Å². The van der Waals surface area contributed by atoms with Crippen LogP contribution in [0.5, 0.6) is 0 Å². The van der Waals surface area contributed by atoms with E-state index in [0.29, 0.717) is 24.7 Å². The summed E-state index contributed by atoms with van der Waals surface area (Å²) in [4.78, 5) is 28.8. The lowest BCUT2D eigenvalue weighted by Crippen LogP contribution is -2.39. The number of carbonyl (C=O) groups excluding carboxylic acids is 1. The molecule has 2 saturated carbocycles. The third-order valence-electron chi connectivity index (χ3n) is 6.52. The van der Waals surface area contributed by atoms with Crippen molar-refractivity contribution in [2.45, 2.75) is 64.0 Å². The van der Waals surface area contributed by atoms with Gasteiger partial charge in [-0.25, -0.2) is 9.97 Å². The molecule has 1 aromatic carbocycles. The molecule has 1 aliphatic heterocycles. The Morgan fingerprint density at radius 3 is 2.76 bits per heavy atom. The van der Waals surface area contributed by atoms with Crippen molar-refractivity contribution in [1.82, 2.24) is 9.97 Å². The van der Waals surface area contributed by atoms with Crippen molar-refractivity contribution in [1.29, 1.82) is 0 Å². The highest BCUT2D eigenvalue weighted by molar-refractivity contribution is 5.98. The average molecular weight is 389 g/mol. The third kappa shape index (κ3) is 4.09. The number of hydrogen-bond acceptors (Lipinski definition) is 5. The molecule has 1 aromatic heterocycles. The number of Topliss-reactive ketones (excluding diaryl/α,β-unsaturated/α-hetero) is 1. The minimum Gasteiger partial charge on any atom is -0.353 e. The zero-order valence-electron chi connectivity index (χ0n) is 16.9. The molecule has 2 aromatic rings. The first kappa shape index (κ1) is 18.5. The molecule has 5 heteroatoms. The summed E-state index contributed by atoms with van der Waals surface area (Å²) in [7, 11) is 0. The highest BCUT2D eigenvalue weighted by Crippen LogP contribution is 2.34. The van der Waals surface area contributed by atoms with Gasteiger partial charge in [-0.3, -0.25) is 9.79 Å². The van der Waals surface area contributed by atoms with Crippen LogP contribution in [0.4, 0.5) is 5.82 Å². The highest BCUT2D eigenvalue weighted by Gasteiger charge is 2.30. The van der Waals surface area contributed by atoms with Gasteiger partial charge in [-0.2, -0.15) is 0 Å². The summed E-state index contributed by atoms with van der Waals surface area (Å²) in [5, 5.41) is 0. The minimum atomic E-state index is 0.0531. The topological polar surface area (TPSA) is 58.5 Å². The Kier molecular flexibility index (Phi) is 5.13. The molecule has 29 heavy (non-hydrogen) atoms. The maximum absolute atomic E-state index is 13.0. The van der Waals surface area contributed by atoms with Crippen LogP contribution in [-0.4, -0.2) is 34.6 Å². The van der Waals surface area contributed by atoms with Gasteiger partial charge < -0.3 is 4.90 Å². The van der Waals surface area contributed by atoms with Gasteiger partial charge in [-0.05, 0) is 42.7 Å². The fourth-order valence-corrected chi connectivity index (χ4v) is 4.68. The van der Waals surface area contributed by atoms with Crippen molar-refractivity contribution in [2.75, 3.05) is 11.4 Å². The van der Waals surface area contributed by atoms with E-state index in [2.05, 4.69) is 25.9 Å². The van der Waals surface area contributed by atoms with Crippen LogP contribution in [0, 0.1) is 5.92 Å². The van der Waals surface area contributed by atoms with Crippen LogP contribution in [0.25, 0.3) is 0 Å². The second kappa shape index (κ2) is 8.05. The van der Waals surface area contributed by atoms with Crippen LogP contribution >= 0.6 is 0 Å². The van der Waals surface area contributed by atoms with Crippen molar-refractivity contribution >= 4 is 17.8 Å². The van der Waals surface area contributed by atoms with Crippen LogP contribution in [0.2, 0.25) is 0 Å².